The molecule has 0 saturated carbocycles. The van der Waals surface area contributed by atoms with Crippen LogP contribution >= 0.6 is 0 Å². The van der Waals surface area contributed by atoms with E-state index in [-0.39, 0.29) is 5.41 Å². The largest absolute Gasteiger partial charge is 0.481 e. The van der Waals surface area contributed by atoms with Gasteiger partial charge in [-0.3, -0.25) is 4.99 Å². The van der Waals surface area contributed by atoms with Gasteiger partial charge in [-0.05, 0) is 66.6 Å². The Hall–Kier alpha value is -3.80. The average molecular weight is 562 g/mol. The Morgan fingerprint density at radius 1 is 0.952 bits per heavy atom. The summed E-state index contributed by atoms with van der Waals surface area (Å²) in [5.74, 6) is 0.101. The van der Waals surface area contributed by atoms with Gasteiger partial charge < -0.3 is 14.7 Å². The number of allylic oxidation sites excluding steroid dienone is 1. The molecule has 0 saturated heterocycles. The summed E-state index contributed by atoms with van der Waals surface area (Å²) in [6, 6.07) is 27.1. The molecule has 0 aliphatic carbocycles. The monoisotopic (exact) mass is 561 g/mol. The molecule has 2 heterocycles. The number of hydrogen-bond donors (Lipinski definition) is 1. The highest BCUT2D eigenvalue weighted by atomic mass is 16.5. The molecule has 0 radical (unpaired) electrons. The van der Waals surface area contributed by atoms with Crippen molar-refractivity contribution in [2.75, 3.05) is 34.3 Å². The Kier molecular flexibility index (Phi) is 8.63. The van der Waals surface area contributed by atoms with Crippen LogP contribution in [0.3, 0.4) is 0 Å². The van der Waals surface area contributed by atoms with Gasteiger partial charge in [0.2, 0.25) is 5.88 Å². The van der Waals surface area contributed by atoms with Gasteiger partial charge in [0.05, 0.1) is 12.8 Å². The van der Waals surface area contributed by atoms with Crippen molar-refractivity contribution in [3.63, 3.8) is 0 Å². The minimum Gasteiger partial charge on any atom is -0.481 e. The van der Waals surface area contributed by atoms with E-state index in [9.17, 15) is 5.11 Å². The summed E-state index contributed by atoms with van der Waals surface area (Å²) < 4.78 is 6.09. The fraction of sp³-hybridized carbons (Fsp3) is 0.351. The first kappa shape index (κ1) is 29.7. The van der Waals surface area contributed by atoms with E-state index < -0.39 is 11.5 Å². The number of rotatable bonds is 9. The number of hydrogen-bond acceptors (Lipinski definition) is 5. The molecule has 3 aromatic carbocycles. The van der Waals surface area contributed by atoms with Gasteiger partial charge in [-0.25, -0.2) is 4.98 Å². The molecule has 2 atom stereocenters. The predicted octanol–water partition coefficient (Wildman–Crippen LogP) is 7.37. The highest BCUT2D eigenvalue weighted by Crippen LogP contribution is 2.49. The molecule has 5 heteroatoms. The van der Waals surface area contributed by atoms with Crippen LogP contribution in [0.5, 0.6) is 5.88 Å². The molecule has 2 unspecified atom stereocenters. The van der Waals surface area contributed by atoms with E-state index in [0.717, 1.165) is 51.7 Å². The van der Waals surface area contributed by atoms with Crippen LogP contribution in [0, 0.1) is 0 Å². The van der Waals surface area contributed by atoms with Gasteiger partial charge in [0, 0.05) is 41.8 Å². The summed E-state index contributed by atoms with van der Waals surface area (Å²) in [7, 11) is 5.79. The Bertz CT molecular complexity index is 1600. The van der Waals surface area contributed by atoms with E-state index in [1.54, 1.807) is 7.11 Å². The van der Waals surface area contributed by atoms with Gasteiger partial charge in [0.15, 0.2) is 0 Å². The van der Waals surface area contributed by atoms with Crippen molar-refractivity contribution in [3.05, 3.63) is 113 Å². The van der Waals surface area contributed by atoms with Gasteiger partial charge in [-0.2, -0.15) is 0 Å². The maximum Gasteiger partial charge on any atom is 0.217 e. The summed E-state index contributed by atoms with van der Waals surface area (Å²) in [5, 5.41) is 15.5. The number of nitrogens with zero attached hydrogens (tertiary/aromatic N) is 3. The number of fused-ring (bicyclic) bond motifs is 1. The molecule has 1 aliphatic rings. The van der Waals surface area contributed by atoms with Crippen LogP contribution < -0.4 is 4.74 Å². The third-order valence-electron chi connectivity index (χ3n) is 8.27. The molecule has 1 N–H and O–H groups in total. The molecule has 42 heavy (non-hydrogen) atoms. The maximum absolute atomic E-state index is 13.3. The molecule has 218 valence electrons. The van der Waals surface area contributed by atoms with Crippen molar-refractivity contribution in [1.82, 2.24) is 9.88 Å². The third kappa shape index (κ3) is 5.90. The van der Waals surface area contributed by atoms with Crippen molar-refractivity contribution in [2.45, 2.75) is 50.5 Å². The Labute approximate surface area is 250 Å². The quantitative estimate of drug-likeness (QED) is 0.232. The first-order valence-electron chi connectivity index (χ1n) is 14.8. The SMILES string of the molecule is COc1nc(C(C)(C)C)c(C2=CC=NCC2)cc1C(c1ccccc1)C(O)(CCN(C)C)c1cccc2ccccc12. The summed E-state index contributed by atoms with van der Waals surface area (Å²) in [6.45, 7) is 8.02. The second kappa shape index (κ2) is 12.2. The minimum absolute atomic E-state index is 0.213. The van der Waals surface area contributed by atoms with Gasteiger partial charge in [0.1, 0.15) is 5.60 Å². The Morgan fingerprint density at radius 3 is 2.33 bits per heavy atom. The molecular weight excluding hydrogens is 518 g/mol. The Morgan fingerprint density at radius 2 is 1.67 bits per heavy atom. The molecule has 4 aromatic rings. The van der Waals surface area contributed by atoms with E-state index in [4.69, 9.17) is 9.72 Å². The van der Waals surface area contributed by atoms with E-state index in [0.29, 0.717) is 18.8 Å². The van der Waals surface area contributed by atoms with Gasteiger partial charge in [0.25, 0.3) is 0 Å². The molecule has 0 spiro atoms. The van der Waals surface area contributed by atoms with Crippen LogP contribution in [-0.2, 0) is 11.0 Å². The molecular formula is C37H43N3O2. The van der Waals surface area contributed by atoms with E-state index >= 15 is 0 Å². The van der Waals surface area contributed by atoms with Crippen LogP contribution in [-0.4, -0.2) is 55.5 Å². The molecule has 5 nitrogen and oxygen atoms in total. The van der Waals surface area contributed by atoms with Gasteiger partial charge >= 0.3 is 0 Å². The van der Waals surface area contributed by atoms with Crippen LogP contribution in [0.15, 0.2) is 89.9 Å². The number of benzene rings is 3. The number of ether oxygens (including phenoxy) is 1. The number of aromatic nitrogens is 1. The topological polar surface area (TPSA) is 58.0 Å². The lowest BCUT2D eigenvalue weighted by molar-refractivity contribution is 0.00513. The zero-order chi connectivity index (χ0) is 29.9. The van der Waals surface area contributed by atoms with E-state index in [1.165, 1.54) is 5.57 Å². The Balaban J connectivity index is 1.86. The molecule has 0 fully saturated rings. The second-order valence-corrected chi connectivity index (χ2v) is 12.6. The van der Waals surface area contributed by atoms with Gasteiger partial charge in [-0.15, -0.1) is 0 Å². The normalized spacial score (nSPS) is 15.9. The second-order valence-electron chi connectivity index (χ2n) is 12.6. The summed E-state index contributed by atoms with van der Waals surface area (Å²) in [4.78, 5) is 11.8. The maximum atomic E-state index is 13.3. The van der Waals surface area contributed by atoms with Crippen molar-refractivity contribution < 1.29 is 9.84 Å². The first-order valence-corrected chi connectivity index (χ1v) is 14.8. The predicted molar refractivity (Wildman–Crippen MR) is 175 cm³/mol. The fourth-order valence-corrected chi connectivity index (χ4v) is 6.20. The summed E-state index contributed by atoms with van der Waals surface area (Å²) >= 11 is 0. The molecule has 5 rings (SSSR count). The van der Waals surface area contributed by atoms with Crippen molar-refractivity contribution in [1.29, 1.82) is 0 Å². The van der Waals surface area contributed by atoms with E-state index in [2.05, 4.69) is 99.4 Å². The van der Waals surface area contributed by atoms with Crippen LogP contribution in [0.2, 0.25) is 0 Å². The standard InChI is InChI=1S/C37H43N3O2/c1-36(2,3)34-30(27-19-22-38-23-20-27)25-31(35(39-34)42-6)33(28-14-8-7-9-15-28)37(41,21-24-40(4)5)32-18-12-16-26-13-10-11-17-29(26)32/h7-19,22,25,33,41H,20-21,23-24H2,1-6H3. The number of methoxy groups -OCH3 is 1. The number of dihydropyridines is 1. The smallest absolute Gasteiger partial charge is 0.217 e. The zero-order valence-electron chi connectivity index (χ0n) is 25.8. The lowest BCUT2D eigenvalue weighted by Crippen LogP contribution is -2.38. The highest BCUT2D eigenvalue weighted by Gasteiger charge is 2.43. The summed E-state index contributed by atoms with van der Waals surface area (Å²) in [6.07, 6.45) is 5.36. The number of aliphatic hydroxyl groups is 1. The average Bonchev–Trinajstić information content (AvgIpc) is 3.00. The van der Waals surface area contributed by atoms with Crippen LogP contribution in [0.1, 0.15) is 67.5 Å². The molecule has 1 aliphatic heterocycles. The highest BCUT2D eigenvalue weighted by molar-refractivity contribution is 5.88. The molecule has 1 aromatic heterocycles. The zero-order valence-corrected chi connectivity index (χ0v) is 25.8. The first-order chi connectivity index (χ1) is 20.1. The van der Waals surface area contributed by atoms with Crippen LogP contribution in [0.25, 0.3) is 16.3 Å². The molecule has 0 amide bonds. The van der Waals surface area contributed by atoms with Crippen molar-refractivity contribution in [3.8, 4) is 5.88 Å². The van der Waals surface area contributed by atoms with Gasteiger partial charge in [-0.1, -0.05) is 93.6 Å². The fourth-order valence-electron chi connectivity index (χ4n) is 6.20. The third-order valence-corrected chi connectivity index (χ3v) is 8.27. The van der Waals surface area contributed by atoms with E-state index in [1.807, 2.05) is 36.5 Å². The molecule has 0 bridgehead atoms. The van der Waals surface area contributed by atoms with Crippen molar-refractivity contribution in [2.24, 2.45) is 4.99 Å². The minimum atomic E-state index is -1.27. The summed E-state index contributed by atoms with van der Waals surface area (Å²) in [5.41, 5.74) is 4.60. The number of pyridine rings is 1. The van der Waals surface area contributed by atoms with Crippen LogP contribution in [0.4, 0.5) is 0 Å². The number of aliphatic imine (C=N–C) groups is 1. The lowest BCUT2D eigenvalue weighted by atomic mass is 9.70. The lowest BCUT2D eigenvalue weighted by Gasteiger charge is -2.40. The van der Waals surface area contributed by atoms with Crippen molar-refractivity contribution >= 4 is 22.6 Å².